The van der Waals surface area contributed by atoms with Crippen LogP contribution in [-0.2, 0) is 6.42 Å². The molecule has 0 saturated carbocycles. The summed E-state index contributed by atoms with van der Waals surface area (Å²) >= 11 is 0. The quantitative estimate of drug-likeness (QED) is 0.238. The van der Waals surface area contributed by atoms with E-state index in [2.05, 4.69) is 75.7 Å². The zero-order valence-corrected chi connectivity index (χ0v) is 20.1. The number of aromatic nitrogens is 2. The number of amidine groups is 1. The van der Waals surface area contributed by atoms with E-state index >= 15 is 0 Å². The van der Waals surface area contributed by atoms with Gasteiger partial charge in [0.1, 0.15) is 12.2 Å². The van der Waals surface area contributed by atoms with Gasteiger partial charge in [-0.3, -0.25) is 4.99 Å². The predicted molar refractivity (Wildman–Crippen MR) is 144 cm³/mol. The van der Waals surface area contributed by atoms with E-state index in [0.717, 1.165) is 58.0 Å². The van der Waals surface area contributed by atoms with Crippen LogP contribution in [0.15, 0.2) is 108 Å². The molecule has 0 aliphatic rings. The first-order valence-corrected chi connectivity index (χ1v) is 11.2. The van der Waals surface area contributed by atoms with Crippen molar-refractivity contribution in [2.24, 2.45) is 9.98 Å². The predicted octanol–water partition coefficient (Wildman–Crippen LogP) is 6.26. The van der Waals surface area contributed by atoms with Gasteiger partial charge in [-0.1, -0.05) is 61.2 Å². The van der Waals surface area contributed by atoms with Gasteiger partial charge in [-0.15, -0.1) is 0 Å². The lowest BCUT2D eigenvalue weighted by atomic mass is 10.0. The number of aryl methyl sites for hydroxylation is 2. The number of aliphatic imine (C=N–C) groups is 2. The maximum Gasteiger partial charge on any atom is 0.115 e. The number of hydrogen-bond acceptors (Lipinski definition) is 4. The summed E-state index contributed by atoms with van der Waals surface area (Å²) in [5.74, 6) is 0.806. The summed E-state index contributed by atoms with van der Waals surface area (Å²) in [5.41, 5.74) is 7.93. The Bertz CT molecular complexity index is 1240. The van der Waals surface area contributed by atoms with Gasteiger partial charge in [0.15, 0.2) is 0 Å². The molecular weight excluding hydrogens is 418 g/mol. The molecule has 0 aliphatic heterocycles. The fourth-order valence-corrected chi connectivity index (χ4v) is 3.42. The molecule has 0 fully saturated rings. The minimum absolute atomic E-state index is 0.806. The van der Waals surface area contributed by atoms with Crippen molar-refractivity contribution in [3.05, 3.63) is 120 Å². The van der Waals surface area contributed by atoms with Crippen LogP contribution in [0.3, 0.4) is 0 Å². The van der Waals surface area contributed by atoms with E-state index in [1.165, 1.54) is 11.9 Å². The van der Waals surface area contributed by atoms with Gasteiger partial charge in [0, 0.05) is 30.7 Å². The number of benzene rings is 2. The molecule has 0 amide bonds. The maximum atomic E-state index is 4.68. The average molecular weight is 450 g/mol. The highest BCUT2D eigenvalue weighted by Gasteiger charge is 2.04. The second-order valence-electron chi connectivity index (χ2n) is 8.02. The molecule has 5 heteroatoms. The average Bonchev–Trinajstić information content (AvgIpc) is 2.85. The molecule has 172 valence electrons. The van der Waals surface area contributed by atoms with Crippen molar-refractivity contribution in [1.29, 1.82) is 0 Å². The van der Waals surface area contributed by atoms with Crippen molar-refractivity contribution in [2.75, 3.05) is 7.05 Å². The lowest BCUT2D eigenvalue weighted by Gasteiger charge is -2.12. The second-order valence-corrected chi connectivity index (χ2v) is 8.02. The zero-order chi connectivity index (χ0) is 24.3. The van der Waals surface area contributed by atoms with Crippen LogP contribution >= 0.6 is 0 Å². The van der Waals surface area contributed by atoms with E-state index in [4.69, 9.17) is 0 Å². The highest BCUT2D eigenvalue weighted by molar-refractivity contribution is 6.08. The number of nitrogens with zero attached hydrogens (tertiary/aromatic N) is 4. The van der Waals surface area contributed by atoms with Crippen LogP contribution in [0.4, 0.5) is 5.69 Å². The molecule has 3 aromatic rings. The van der Waals surface area contributed by atoms with Crippen molar-refractivity contribution >= 4 is 22.9 Å². The number of para-hydroxylation sites is 1. The Labute approximate surface area is 202 Å². The highest BCUT2D eigenvalue weighted by Crippen LogP contribution is 2.19. The van der Waals surface area contributed by atoms with Gasteiger partial charge in [0.05, 0.1) is 11.4 Å². The highest BCUT2D eigenvalue weighted by atomic mass is 15.0. The maximum absolute atomic E-state index is 4.68. The van der Waals surface area contributed by atoms with Crippen molar-refractivity contribution in [3.63, 3.8) is 0 Å². The largest absolute Gasteiger partial charge is 0.344 e. The first kappa shape index (κ1) is 24.5. The number of rotatable bonds is 9. The van der Waals surface area contributed by atoms with E-state index < -0.39 is 0 Å². The number of hydrogen-bond donors (Lipinski definition) is 1. The summed E-state index contributed by atoms with van der Waals surface area (Å²) in [6.07, 6.45) is 10.7. The third-order valence-corrected chi connectivity index (χ3v) is 5.32. The monoisotopic (exact) mass is 449 g/mol. The fourth-order valence-electron chi connectivity index (χ4n) is 3.42. The van der Waals surface area contributed by atoms with E-state index in [0.29, 0.717) is 0 Å². The molecule has 1 aromatic heterocycles. The molecule has 0 radical (unpaired) electrons. The Morgan fingerprint density at radius 2 is 1.76 bits per heavy atom. The summed E-state index contributed by atoms with van der Waals surface area (Å²) in [7, 11) is 1.76. The third kappa shape index (κ3) is 7.20. The van der Waals surface area contributed by atoms with Gasteiger partial charge in [-0.2, -0.15) is 0 Å². The molecule has 0 aliphatic carbocycles. The Kier molecular flexibility index (Phi) is 8.81. The SMILES string of the molecule is C=C(/C=C\C(=NC)c1cncnc1)CCc1cccc(C(=C)NC(C)=Nc2ccccc2C)c1. The molecule has 0 unspecified atom stereocenters. The van der Waals surface area contributed by atoms with Gasteiger partial charge >= 0.3 is 0 Å². The molecular formula is C29H31N5. The van der Waals surface area contributed by atoms with Gasteiger partial charge in [-0.25, -0.2) is 15.0 Å². The molecule has 0 saturated heterocycles. The summed E-state index contributed by atoms with van der Waals surface area (Å²) in [4.78, 5) is 17.1. The molecule has 0 atom stereocenters. The lowest BCUT2D eigenvalue weighted by molar-refractivity contribution is 0.968. The fraction of sp³-hybridized carbons (Fsp3) is 0.172. The van der Waals surface area contributed by atoms with E-state index in [9.17, 15) is 0 Å². The Morgan fingerprint density at radius 3 is 2.50 bits per heavy atom. The van der Waals surface area contributed by atoms with E-state index in [-0.39, 0.29) is 0 Å². The normalized spacial score (nSPS) is 12.1. The molecule has 34 heavy (non-hydrogen) atoms. The molecule has 5 nitrogen and oxygen atoms in total. The Balaban J connectivity index is 1.58. The lowest BCUT2D eigenvalue weighted by Crippen LogP contribution is -2.17. The van der Waals surface area contributed by atoms with Crippen LogP contribution in [0.5, 0.6) is 0 Å². The minimum Gasteiger partial charge on any atom is -0.344 e. The number of nitrogens with one attached hydrogen (secondary N) is 1. The van der Waals surface area contributed by atoms with Crippen LogP contribution in [0.1, 0.15) is 35.6 Å². The second kappa shape index (κ2) is 12.2. The van der Waals surface area contributed by atoms with Crippen LogP contribution in [0.2, 0.25) is 0 Å². The smallest absolute Gasteiger partial charge is 0.115 e. The molecule has 2 aromatic carbocycles. The van der Waals surface area contributed by atoms with Gasteiger partial charge < -0.3 is 5.32 Å². The third-order valence-electron chi connectivity index (χ3n) is 5.32. The Morgan fingerprint density at radius 1 is 1.00 bits per heavy atom. The van der Waals surface area contributed by atoms with Crippen LogP contribution in [-0.4, -0.2) is 28.6 Å². The van der Waals surface area contributed by atoms with Crippen molar-refractivity contribution < 1.29 is 0 Å². The van der Waals surface area contributed by atoms with E-state index in [1.807, 2.05) is 37.3 Å². The molecule has 3 rings (SSSR count). The first-order chi connectivity index (χ1) is 16.5. The first-order valence-electron chi connectivity index (χ1n) is 11.2. The van der Waals surface area contributed by atoms with Crippen LogP contribution in [0, 0.1) is 6.92 Å². The summed E-state index contributed by atoms with van der Waals surface area (Å²) in [6, 6.07) is 16.5. The zero-order valence-electron chi connectivity index (χ0n) is 20.1. The number of allylic oxidation sites excluding steroid dienone is 3. The molecule has 1 heterocycles. The van der Waals surface area contributed by atoms with Crippen molar-refractivity contribution in [3.8, 4) is 0 Å². The minimum atomic E-state index is 0.806. The van der Waals surface area contributed by atoms with Gasteiger partial charge in [0.25, 0.3) is 0 Å². The van der Waals surface area contributed by atoms with Crippen LogP contribution < -0.4 is 5.32 Å². The molecule has 1 N–H and O–H groups in total. The molecule has 0 bridgehead atoms. The molecule has 0 spiro atoms. The standard InChI is InChI=1S/C29H31N5/c1-21(14-16-29(30-5)27-18-31-20-32-19-27)13-15-25-10-8-11-26(17-25)23(3)33-24(4)34-28-12-7-6-9-22(28)2/h6-12,14,16-20H,1,3,13,15H2,2,4-5H3,(H,33,34)/b16-14-,30-29?. The van der Waals surface area contributed by atoms with Crippen molar-refractivity contribution in [2.45, 2.75) is 26.7 Å². The summed E-state index contributed by atoms with van der Waals surface area (Å²) < 4.78 is 0. The topological polar surface area (TPSA) is 62.5 Å². The van der Waals surface area contributed by atoms with Gasteiger partial charge in [-0.05, 0) is 61.6 Å². The Hall–Kier alpha value is -4.12. The summed E-state index contributed by atoms with van der Waals surface area (Å²) in [6.45, 7) is 12.4. The van der Waals surface area contributed by atoms with Crippen molar-refractivity contribution in [1.82, 2.24) is 15.3 Å². The summed E-state index contributed by atoms with van der Waals surface area (Å²) in [5, 5.41) is 3.32. The van der Waals surface area contributed by atoms with Crippen LogP contribution in [0.25, 0.3) is 5.70 Å². The van der Waals surface area contributed by atoms with Gasteiger partial charge in [0.2, 0.25) is 0 Å². The van der Waals surface area contributed by atoms with E-state index in [1.54, 1.807) is 19.4 Å².